The molecule has 11 heavy (non-hydrogen) atoms. The number of hydrogen-bond acceptors (Lipinski definition) is 3. The van der Waals surface area contributed by atoms with Crippen molar-refractivity contribution in [1.82, 2.24) is 0 Å². The van der Waals surface area contributed by atoms with Crippen LogP contribution >= 0.6 is 21.7 Å². The maximum absolute atomic E-state index is 9.88. The first-order valence-corrected chi connectivity index (χ1v) is 4.50. The third kappa shape index (κ3) is 2.44. The molecule has 1 aromatic carbocycles. The minimum Gasteiger partial charge on any atom is -0.429 e. The molecule has 4 heteroatoms. The van der Waals surface area contributed by atoms with Gasteiger partial charge < -0.3 is 4.74 Å². The topological polar surface area (TPSA) is 26.3 Å². The van der Waals surface area contributed by atoms with Crippen molar-refractivity contribution in [2.45, 2.75) is 4.90 Å². The highest BCUT2D eigenvalue weighted by molar-refractivity contribution is 8.21. The van der Waals surface area contributed by atoms with Crippen LogP contribution in [0.5, 0.6) is 5.75 Å². The summed E-state index contributed by atoms with van der Waals surface area (Å²) in [7, 11) is 6.59. The molecule has 0 aliphatic heterocycles. The highest BCUT2D eigenvalue weighted by Gasteiger charge is 1.92. The molecule has 0 saturated heterocycles. The molecule has 0 aliphatic carbocycles. The predicted molar refractivity (Wildman–Crippen MR) is 44.8 cm³/mol. The van der Waals surface area contributed by atoms with Crippen LogP contribution in [-0.2, 0) is 4.79 Å². The van der Waals surface area contributed by atoms with Crippen molar-refractivity contribution in [3.8, 4) is 5.75 Å². The van der Waals surface area contributed by atoms with Crippen LogP contribution in [0.2, 0.25) is 0 Å². The first-order chi connectivity index (χ1) is 5.36. The molecular formula is C7H5ClO2S. The lowest BCUT2D eigenvalue weighted by Gasteiger charge is -1.96. The molecule has 1 aromatic rings. The van der Waals surface area contributed by atoms with Crippen molar-refractivity contribution < 1.29 is 9.53 Å². The predicted octanol–water partition coefficient (Wildman–Crippen LogP) is 2.47. The number of benzene rings is 1. The molecule has 0 N–H and O–H groups in total. The second-order valence-corrected chi connectivity index (χ2v) is 2.85. The average molecular weight is 189 g/mol. The summed E-state index contributed by atoms with van der Waals surface area (Å²) in [6, 6.07) is 6.91. The van der Waals surface area contributed by atoms with Gasteiger partial charge in [-0.3, -0.25) is 4.79 Å². The fraction of sp³-hybridized carbons (Fsp3) is 0. The van der Waals surface area contributed by atoms with E-state index in [4.69, 9.17) is 10.7 Å². The smallest absolute Gasteiger partial charge is 0.298 e. The van der Waals surface area contributed by atoms with Gasteiger partial charge in [0, 0.05) is 4.90 Å². The Morgan fingerprint density at radius 1 is 1.36 bits per heavy atom. The Labute approximate surface area is 73.0 Å². The van der Waals surface area contributed by atoms with Gasteiger partial charge in [0.05, 0.1) is 0 Å². The quantitative estimate of drug-likeness (QED) is 0.682. The summed E-state index contributed by atoms with van der Waals surface area (Å²) in [5.41, 5.74) is 0. The Morgan fingerprint density at radius 2 is 2.00 bits per heavy atom. The van der Waals surface area contributed by atoms with Crippen molar-refractivity contribution in [2.24, 2.45) is 0 Å². The van der Waals surface area contributed by atoms with E-state index in [1.165, 1.54) is 0 Å². The molecule has 58 valence electrons. The molecule has 1 rings (SSSR count). The lowest BCUT2D eigenvalue weighted by atomic mass is 10.3. The van der Waals surface area contributed by atoms with Gasteiger partial charge in [-0.15, -0.1) is 0 Å². The molecule has 0 aromatic heterocycles. The molecule has 0 heterocycles. The van der Waals surface area contributed by atoms with E-state index in [2.05, 4.69) is 4.74 Å². The third-order valence-corrected chi connectivity index (χ3v) is 2.08. The molecule has 0 fully saturated rings. The van der Waals surface area contributed by atoms with E-state index >= 15 is 0 Å². The van der Waals surface area contributed by atoms with Gasteiger partial charge in [-0.2, -0.15) is 0 Å². The van der Waals surface area contributed by atoms with E-state index in [9.17, 15) is 4.79 Å². The largest absolute Gasteiger partial charge is 0.429 e. The van der Waals surface area contributed by atoms with E-state index in [1.54, 1.807) is 24.3 Å². The van der Waals surface area contributed by atoms with Crippen molar-refractivity contribution in [2.75, 3.05) is 0 Å². The minimum absolute atomic E-state index is 0.392. The number of rotatable bonds is 3. The van der Waals surface area contributed by atoms with Crippen molar-refractivity contribution in [3.63, 3.8) is 0 Å². The van der Waals surface area contributed by atoms with Gasteiger partial charge >= 0.3 is 0 Å². The summed E-state index contributed by atoms with van der Waals surface area (Å²) in [5, 5.41) is 0. The van der Waals surface area contributed by atoms with Crippen LogP contribution in [0, 0.1) is 0 Å². The summed E-state index contributed by atoms with van der Waals surface area (Å²) in [6.07, 6.45) is 0. The van der Waals surface area contributed by atoms with Crippen LogP contribution in [0.3, 0.4) is 0 Å². The van der Waals surface area contributed by atoms with Gasteiger partial charge in [0.15, 0.2) is 0 Å². The number of carbonyl (C=O) groups is 1. The van der Waals surface area contributed by atoms with Gasteiger partial charge in [-0.05, 0) is 45.9 Å². The molecule has 0 atom stereocenters. The Morgan fingerprint density at radius 3 is 2.45 bits per heavy atom. The fourth-order valence-electron chi connectivity index (χ4n) is 0.625. The highest BCUT2D eigenvalue weighted by atomic mass is 35.7. The van der Waals surface area contributed by atoms with Crippen molar-refractivity contribution in [1.29, 1.82) is 0 Å². The Balaban J connectivity index is 2.74. The first kappa shape index (κ1) is 8.43. The Kier molecular flexibility index (Phi) is 3.26. The van der Waals surface area contributed by atoms with E-state index < -0.39 is 0 Å². The van der Waals surface area contributed by atoms with E-state index in [0.717, 1.165) is 15.9 Å². The normalized spacial score (nSPS) is 9.18. The summed E-state index contributed by atoms with van der Waals surface area (Å²) < 4.78 is 4.57. The molecule has 0 amide bonds. The average Bonchev–Trinajstić information content (AvgIpc) is 2.07. The second-order valence-electron chi connectivity index (χ2n) is 1.76. The highest BCUT2D eigenvalue weighted by Crippen LogP contribution is 2.23. The second kappa shape index (κ2) is 4.26. The van der Waals surface area contributed by atoms with Crippen molar-refractivity contribution >= 4 is 28.1 Å². The molecule has 0 saturated carbocycles. The lowest BCUT2D eigenvalue weighted by molar-refractivity contribution is -0.120. The van der Waals surface area contributed by atoms with Gasteiger partial charge in [0.2, 0.25) is 0 Å². The number of carbonyl (C=O) groups excluding carboxylic acids is 1. The zero-order chi connectivity index (χ0) is 8.10. The zero-order valence-corrected chi connectivity index (χ0v) is 7.06. The van der Waals surface area contributed by atoms with Crippen LogP contribution in [-0.4, -0.2) is 6.47 Å². The molecular weight excluding hydrogens is 184 g/mol. The summed E-state index contributed by atoms with van der Waals surface area (Å²) >= 11 is 0. The van der Waals surface area contributed by atoms with Gasteiger partial charge in [-0.25, -0.2) is 0 Å². The van der Waals surface area contributed by atoms with Gasteiger partial charge in [0.1, 0.15) is 5.75 Å². The molecule has 0 radical (unpaired) electrons. The van der Waals surface area contributed by atoms with E-state index in [1.807, 2.05) is 0 Å². The van der Waals surface area contributed by atoms with Gasteiger partial charge in [0.25, 0.3) is 6.47 Å². The molecule has 0 aliphatic rings. The van der Waals surface area contributed by atoms with E-state index in [0.29, 0.717) is 12.2 Å². The fourth-order valence-corrected chi connectivity index (χ4v) is 1.17. The summed E-state index contributed by atoms with van der Waals surface area (Å²) in [5.74, 6) is 0.523. The molecule has 2 nitrogen and oxygen atoms in total. The standard InChI is InChI=1S/C7H5ClO2S/c8-11-7-3-1-6(2-4-7)10-5-9/h1-5H. The van der Waals surface area contributed by atoms with Crippen molar-refractivity contribution in [3.05, 3.63) is 24.3 Å². The zero-order valence-electron chi connectivity index (χ0n) is 5.49. The molecule has 0 unspecified atom stereocenters. The minimum atomic E-state index is 0.392. The van der Waals surface area contributed by atoms with Crippen LogP contribution in [0.15, 0.2) is 29.2 Å². The van der Waals surface area contributed by atoms with Crippen LogP contribution < -0.4 is 4.74 Å². The number of hydrogen-bond donors (Lipinski definition) is 0. The Bertz CT molecular complexity index is 235. The first-order valence-electron chi connectivity index (χ1n) is 2.86. The summed E-state index contributed by atoms with van der Waals surface area (Å²) in [6.45, 7) is 0.392. The monoisotopic (exact) mass is 188 g/mol. The number of ether oxygens (including phenoxy) is 1. The lowest BCUT2D eigenvalue weighted by Crippen LogP contribution is -1.86. The van der Waals surface area contributed by atoms with Gasteiger partial charge in [-0.1, -0.05) is 0 Å². The molecule has 0 spiro atoms. The third-order valence-electron chi connectivity index (χ3n) is 1.10. The SMILES string of the molecule is O=COc1ccc(SCl)cc1. The Hall–Kier alpha value is -0.670. The number of halogens is 1. The summed E-state index contributed by atoms with van der Waals surface area (Å²) in [4.78, 5) is 10.8. The van der Waals surface area contributed by atoms with Crippen LogP contribution in [0.25, 0.3) is 0 Å². The van der Waals surface area contributed by atoms with Crippen LogP contribution in [0.4, 0.5) is 0 Å². The van der Waals surface area contributed by atoms with E-state index in [-0.39, 0.29) is 0 Å². The maximum Gasteiger partial charge on any atom is 0.298 e. The van der Waals surface area contributed by atoms with Crippen LogP contribution in [0.1, 0.15) is 0 Å². The maximum atomic E-state index is 9.88. The molecule has 0 bridgehead atoms.